The fourth-order valence-corrected chi connectivity index (χ4v) is 2.85. The minimum absolute atomic E-state index is 0.0536. The van der Waals surface area contributed by atoms with E-state index in [0.29, 0.717) is 0 Å². The Morgan fingerprint density at radius 1 is 0.722 bits per heavy atom. The van der Waals surface area contributed by atoms with Crippen LogP contribution in [0.3, 0.4) is 0 Å². The molecule has 0 aromatic heterocycles. The molecule has 2 nitrogen and oxygen atoms in total. The van der Waals surface area contributed by atoms with Crippen LogP contribution in [-0.2, 0) is 4.74 Å². The van der Waals surface area contributed by atoms with Crippen LogP contribution in [0, 0.1) is 0 Å². The predicted octanol–water partition coefficient (Wildman–Crippen LogP) is 5.82. The van der Waals surface area contributed by atoms with Crippen molar-refractivity contribution in [2.24, 2.45) is 0 Å². The highest BCUT2D eigenvalue weighted by Gasteiger charge is 2.12. The van der Waals surface area contributed by atoms with Gasteiger partial charge in [-0.05, 0) is 25.7 Å². The second-order valence-electron chi connectivity index (χ2n) is 5.44. The van der Waals surface area contributed by atoms with Gasteiger partial charge in [0.05, 0.1) is 0 Å². The molecule has 1 saturated carbocycles. The molecular formula is C15H27ClO2. The molecule has 0 saturated heterocycles. The molecule has 1 fully saturated rings. The van der Waals surface area contributed by atoms with Gasteiger partial charge >= 0.3 is 5.43 Å². The van der Waals surface area contributed by atoms with Crippen molar-refractivity contribution >= 4 is 17.0 Å². The van der Waals surface area contributed by atoms with E-state index >= 15 is 0 Å². The Morgan fingerprint density at radius 3 is 1.39 bits per heavy atom. The van der Waals surface area contributed by atoms with E-state index in [4.69, 9.17) is 16.3 Å². The lowest BCUT2D eigenvalue weighted by molar-refractivity contribution is 0.105. The maximum absolute atomic E-state index is 10.8. The lowest BCUT2D eigenvalue weighted by Gasteiger charge is -2.16. The summed E-state index contributed by atoms with van der Waals surface area (Å²) < 4.78 is 5.18. The molecule has 18 heavy (non-hydrogen) atoms. The van der Waals surface area contributed by atoms with Crippen LogP contribution in [0.2, 0.25) is 0 Å². The quantitative estimate of drug-likeness (QED) is 0.564. The Kier molecular flexibility index (Phi) is 9.37. The van der Waals surface area contributed by atoms with Crippen LogP contribution in [0.25, 0.3) is 0 Å². The number of halogens is 1. The minimum atomic E-state index is -0.638. The Balaban J connectivity index is 2.26. The van der Waals surface area contributed by atoms with Crippen molar-refractivity contribution < 1.29 is 9.53 Å². The first-order chi connectivity index (χ1) is 8.79. The molecule has 0 N–H and O–H groups in total. The highest BCUT2D eigenvalue weighted by Crippen LogP contribution is 2.19. The van der Waals surface area contributed by atoms with Crippen LogP contribution in [0.15, 0.2) is 0 Å². The van der Waals surface area contributed by atoms with Crippen molar-refractivity contribution in [2.45, 2.75) is 89.6 Å². The van der Waals surface area contributed by atoms with Gasteiger partial charge in [0.15, 0.2) is 0 Å². The maximum atomic E-state index is 10.8. The second kappa shape index (κ2) is 10.7. The molecule has 0 bridgehead atoms. The van der Waals surface area contributed by atoms with Crippen molar-refractivity contribution in [1.29, 1.82) is 0 Å². The van der Waals surface area contributed by atoms with Crippen LogP contribution < -0.4 is 0 Å². The zero-order valence-corrected chi connectivity index (χ0v) is 12.2. The Labute approximate surface area is 116 Å². The summed E-state index contributed by atoms with van der Waals surface area (Å²) in [6.07, 6.45) is 16.4. The van der Waals surface area contributed by atoms with Crippen LogP contribution in [0.1, 0.15) is 83.5 Å². The van der Waals surface area contributed by atoms with Crippen molar-refractivity contribution in [1.82, 2.24) is 0 Å². The fraction of sp³-hybridized carbons (Fsp3) is 0.933. The summed E-state index contributed by atoms with van der Waals surface area (Å²) in [4.78, 5) is 10.8. The smallest absolute Gasteiger partial charge is 0.404 e. The van der Waals surface area contributed by atoms with Gasteiger partial charge < -0.3 is 4.74 Å². The van der Waals surface area contributed by atoms with Gasteiger partial charge in [0.1, 0.15) is 6.10 Å². The summed E-state index contributed by atoms with van der Waals surface area (Å²) in [6, 6.07) is 0. The summed E-state index contributed by atoms with van der Waals surface area (Å²) in [5.74, 6) is 0. The van der Waals surface area contributed by atoms with Gasteiger partial charge in [0.2, 0.25) is 0 Å². The largest absolute Gasteiger partial charge is 0.450 e. The molecule has 0 spiro atoms. The third kappa shape index (κ3) is 8.79. The van der Waals surface area contributed by atoms with Crippen molar-refractivity contribution in [3.8, 4) is 0 Å². The average Bonchev–Trinajstić information content (AvgIpc) is 2.33. The standard InChI is InChI=1S/C15H27ClO2/c16-15(17)18-14-12-10-8-6-4-2-1-3-5-7-9-11-13-14/h14H,1-13H2. The lowest BCUT2D eigenvalue weighted by Crippen LogP contribution is -2.14. The van der Waals surface area contributed by atoms with Gasteiger partial charge in [0.25, 0.3) is 0 Å². The molecule has 0 heterocycles. The Bertz CT molecular complexity index is 205. The van der Waals surface area contributed by atoms with Crippen molar-refractivity contribution in [3.63, 3.8) is 0 Å². The van der Waals surface area contributed by atoms with Crippen molar-refractivity contribution in [3.05, 3.63) is 0 Å². The van der Waals surface area contributed by atoms with Crippen LogP contribution >= 0.6 is 11.6 Å². The van der Waals surface area contributed by atoms with Gasteiger partial charge in [-0.3, -0.25) is 0 Å². The zero-order valence-electron chi connectivity index (χ0n) is 11.5. The molecule has 0 aliphatic heterocycles. The molecule has 106 valence electrons. The summed E-state index contributed by atoms with van der Waals surface area (Å²) in [7, 11) is 0. The van der Waals surface area contributed by atoms with Gasteiger partial charge in [-0.25, -0.2) is 4.79 Å². The molecule has 0 aromatic rings. The number of hydrogen-bond acceptors (Lipinski definition) is 2. The van der Waals surface area contributed by atoms with Crippen LogP contribution in [0.5, 0.6) is 0 Å². The third-order valence-electron chi connectivity index (χ3n) is 3.81. The highest BCUT2D eigenvalue weighted by atomic mass is 35.5. The molecule has 0 radical (unpaired) electrons. The lowest BCUT2D eigenvalue weighted by atomic mass is 10.00. The number of carbonyl (C=O) groups is 1. The van der Waals surface area contributed by atoms with Gasteiger partial charge in [-0.2, -0.15) is 0 Å². The number of ether oxygens (including phenoxy) is 1. The number of carbonyl (C=O) groups excluding carboxylic acids is 1. The average molecular weight is 275 g/mol. The molecule has 0 atom stereocenters. The normalized spacial score (nSPS) is 22.1. The van der Waals surface area contributed by atoms with Gasteiger partial charge in [-0.1, -0.05) is 57.8 Å². The van der Waals surface area contributed by atoms with Gasteiger partial charge in [0, 0.05) is 11.6 Å². The molecule has 1 aliphatic rings. The minimum Gasteiger partial charge on any atom is -0.450 e. The number of rotatable bonds is 1. The Hall–Kier alpha value is -0.240. The Morgan fingerprint density at radius 2 is 1.06 bits per heavy atom. The summed E-state index contributed by atoms with van der Waals surface area (Å²) in [6.45, 7) is 0. The van der Waals surface area contributed by atoms with Crippen molar-refractivity contribution in [2.75, 3.05) is 0 Å². The van der Waals surface area contributed by atoms with E-state index in [0.717, 1.165) is 25.7 Å². The van der Waals surface area contributed by atoms with E-state index in [1.165, 1.54) is 57.8 Å². The summed E-state index contributed by atoms with van der Waals surface area (Å²) >= 11 is 5.32. The van der Waals surface area contributed by atoms with E-state index in [9.17, 15) is 4.79 Å². The number of hydrogen-bond donors (Lipinski definition) is 0. The monoisotopic (exact) mass is 274 g/mol. The van der Waals surface area contributed by atoms with E-state index in [1.54, 1.807) is 0 Å². The van der Waals surface area contributed by atoms with Crippen LogP contribution in [0.4, 0.5) is 4.79 Å². The third-order valence-corrected chi connectivity index (χ3v) is 3.90. The first-order valence-electron chi connectivity index (χ1n) is 7.65. The predicted molar refractivity (Wildman–Crippen MR) is 76.1 cm³/mol. The molecule has 0 aromatic carbocycles. The molecule has 1 rings (SSSR count). The SMILES string of the molecule is O=C(Cl)OC1CCCCCCCCCCCCC1. The van der Waals surface area contributed by atoms with E-state index in [-0.39, 0.29) is 6.10 Å². The molecule has 0 amide bonds. The maximum Gasteiger partial charge on any atom is 0.404 e. The summed E-state index contributed by atoms with van der Waals surface area (Å²) in [5.41, 5.74) is -0.638. The highest BCUT2D eigenvalue weighted by molar-refractivity contribution is 6.61. The molecule has 3 heteroatoms. The fourth-order valence-electron chi connectivity index (χ4n) is 2.73. The molecule has 0 unspecified atom stereocenters. The topological polar surface area (TPSA) is 26.3 Å². The first kappa shape index (κ1) is 15.8. The van der Waals surface area contributed by atoms with Crippen LogP contribution in [-0.4, -0.2) is 11.5 Å². The second-order valence-corrected chi connectivity index (χ2v) is 5.75. The molecule has 1 aliphatic carbocycles. The van der Waals surface area contributed by atoms with E-state index < -0.39 is 5.43 Å². The van der Waals surface area contributed by atoms with E-state index in [2.05, 4.69) is 0 Å². The van der Waals surface area contributed by atoms with Gasteiger partial charge in [-0.15, -0.1) is 0 Å². The zero-order chi connectivity index (χ0) is 13.1. The molecular weight excluding hydrogens is 248 g/mol. The first-order valence-corrected chi connectivity index (χ1v) is 8.03. The summed E-state index contributed by atoms with van der Waals surface area (Å²) in [5, 5.41) is 0. The van der Waals surface area contributed by atoms with E-state index in [1.807, 2.05) is 0 Å².